The van der Waals surface area contributed by atoms with Gasteiger partial charge >= 0.3 is 5.69 Å². The summed E-state index contributed by atoms with van der Waals surface area (Å²) < 4.78 is 1.73. The number of aromatic amines is 1. The first-order valence-corrected chi connectivity index (χ1v) is 9.10. The zero-order valence-electron chi connectivity index (χ0n) is 14.4. The number of para-hydroxylation sites is 1. The molecule has 0 saturated carbocycles. The number of nitrogens with zero attached hydrogens (tertiary/aromatic N) is 1. The van der Waals surface area contributed by atoms with E-state index in [1.165, 1.54) is 63.4 Å². The number of H-pyrrole nitrogens is 1. The van der Waals surface area contributed by atoms with Gasteiger partial charge in [0.15, 0.2) is 0 Å². The molecule has 0 amide bonds. The molecule has 0 aliphatic rings. The number of imidazole rings is 1. The lowest BCUT2D eigenvalue weighted by molar-refractivity contribution is 0.560. The zero-order chi connectivity index (χ0) is 16.5. The lowest BCUT2D eigenvalue weighted by Gasteiger charge is -2.05. The maximum Gasteiger partial charge on any atom is 0.326 e. The predicted molar refractivity (Wildman–Crippen MR) is 97.9 cm³/mol. The van der Waals surface area contributed by atoms with Gasteiger partial charge in [0.25, 0.3) is 0 Å². The van der Waals surface area contributed by atoms with Gasteiger partial charge in [-0.2, -0.15) is 0 Å². The Morgan fingerprint density at radius 2 is 1.57 bits per heavy atom. The Kier molecular flexibility index (Phi) is 7.40. The van der Waals surface area contributed by atoms with Gasteiger partial charge in [0.05, 0.1) is 11.0 Å². The maximum absolute atomic E-state index is 11.7. The molecule has 1 aromatic heterocycles. The molecule has 1 heterocycles. The molecule has 4 heteroatoms. The van der Waals surface area contributed by atoms with Crippen LogP contribution in [0.25, 0.3) is 11.0 Å². The Morgan fingerprint density at radius 3 is 2.22 bits per heavy atom. The molecule has 4 nitrogen and oxygen atoms in total. The lowest BCUT2D eigenvalue weighted by Crippen LogP contribution is -2.12. The Balaban J connectivity index is 1.66. The van der Waals surface area contributed by atoms with E-state index in [2.05, 4.69) is 11.1 Å². The average molecular weight is 317 g/mol. The van der Waals surface area contributed by atoms with Crippen molar-refractivity contribution in [1.29, 1.82) is 0 Å². The Morgan fingerprint density at radius 1 is 0.957 bits per heavy atom. The van der Waals surface area contributed by atoms with Crippen molar-refractivity contribution in [1.82, 2.24) is 9.55 Å². The Labute approximate surface area is 139 Å². The largest absolute Gasteiger partial charge is 0.330 e. The topological polar surface area (TPSA) is 63.8 Å². The summed E-state index contributed by atoms with van der Waals surface area (Å²) in [5.41, 5.74) is 8.77. The van der Waals surface area contributed by atoms with Gasteiger partial charge in [0, 0.05) is 7.05 Å². The molecule has 2 aromatic rings. The van der Waals surface area contributed by atoms with Crippen molar-refractivity contribution in [2.75, 3.05) is 6.54 Å². The van der Waals surface area contributed by atoms with Gasteiger partial charge in [-0.25, -0.2) is 4.79 Å². The van der Waals surface area contributed by atoms with E-state index in [0.29, 0.717) is 0 Å². The number of aromatic nitrogens is 2. The minimum atomic E-state index is -0.0258. The molecule has 0 bridgehead atoms. The van der Waals surface area contributed by atoms with E-state index < -0.39 is 0 Å². The number of rotatable bonds is 11. The van der Waals surface area contributed by atoms with Gasteiger partial charge in [0.2, 0.25) is 0 Å². The molecular formula is C19H31N3O. The standard InChI is InChI=1S/C19H31N3O/c1-22-18-16(13-11-14-17(18)21-19(22)23)12-9-7-5-3-2-4-6-8-10-15-20/h11,13-14H,2-10,12,15,20H2,1H3,(H,21,23). The molecule has 2 rings (SSSR count). The fourth-order valence-corrected chi connectivity index (χ4v) is 3.29. The van der Waals surface area contributed by atoms with Crippen LogP contribution >= 0.6 is 0 Å². The Bertz CT molecular complexity index is 642. The number of aryl methyl sites for hydroxylation is 2. The number of unbranched alkanes of at least 4 members (excludes halogenated alkanes) is 8. The van der Waals surface area contributed by atoms with Crippen molar-refractivity contribution < 1.29 is 0 Å². The van der Waals surface area contributed by atoms with Crippen molar-refractivity contribution in [3.63, 3.8) is 0 Å². The SMILES string of the molecule is Cn1c(=O)[nH]c2cccc(CCCCCCCCCCCN)c21. The first-order chi connectivity index (χ1) is 11.2. The molecule has 0 saturated heterocycles. The van der Waals surface area contributed by atoms with Crippen molar-refractivity contribution in [2.45, 2.75) is 64.2 Å². The van der Waals surface area contributed by atoms with Gasteiger partial charge in [0.1, 0.15) is 0 Å². The number of nitrogens with one attached hydrogen (secondary N) is 1. The van der Waals surface area contributed by atoms with Crippen LogP contribution in [0.4, 0.5) is 0 Å². The summed E-state index contributed by atoms with van der Waals surface area (Å²) in [6.07, 6.45) is 12.7. The fourth-order valence-electron chi connectivity index (χ4n) is 3.29. The Hall–Kier alpha value is -1.55. The molecule has 0 radical (unpaired) electrons. The average Bonchev–Trinajstić information content (AvgIpc) is 2.84. The van der Waals surface area contributed by atoms with Crippen molar-refractivity contribution >= 4 is 11.0 Å². The smallest absolute Gasteiger partial charge is 0.326 e. The predicted octanol–water partition coefficient (Wildman–Crippen LogP) is 3.88. The summed E-state index contributed by atoms with van der Waals surface area (Å²) in [7, 11) is 1.84. The van der Waals surface area contributed by atoms with Crippen molar-refractivity contribution in [2.24, 2.45) is 12.8 Å². The van der Waals surface area contributed by atoms with E-state index in [1.807, 2.05) is 19.2 Å². The minimum Gasteiger partial charge on any atom is -0.330 e. The lowest BCUT2D eigenvalue weighted by atomic mass is 10.0. The highest BCUT2D eigenvalue weighted by Crippen LogP contribution is 2.18. The monoisotopic (exact) mass is 317 g/mol. The first kappa shape index (κ1) is 17.8. The molecular weight excluding hydrogens is 286 g/mol. The minimum absolute atomic E-state index is 0.0258. The van der Waals surface area contributed by atoms with Crippen LogP contribution in [0.5, 0.6) is 0 Å². The van der Waals surface area contributed by atoms with Gasteiger partial charge in [-0.1, -0.05) is 57.1 Å². The van der Waals surface area contributed by atoms with Crippen molar-refractivity contribution in [3.05, 3.63) is 34.2 Å². The summed E-state index contributed by atoms with van der Waals surface area (Å²) in [6.45, 7) is 0.833. The second kappa shape index (κ2) is 9.56. The van der Waals surface area contributed by atoms with E-state index >= 15 is 0 Å². The number of hydrogen-bond acceptors (Lipinski definition) is 2. The quantitative estimate of drug-likeness (QED) is 0.618. The summed E-state index contributed by atoms with van der Waals surface area (Å²) in [5, 5.41) is 0. The van der Waals surface area contributed by atoms with Gasteiger partial charge in [-0.15, -0.1) is 0 Å². The summed E-state index contributed by atoms with van der Waals surface area (Å²) >= 11 is 0. The summed E-state index contributed by atoms with van der Waals surface area (Å²) in [6, 6.07) is 6.16. The third-order valence-corrected chi connectivity index (χ3v) is 4.65. The van der Waals surface area contributed by atoms with E-state index in [1.54, 1.807) is 4.57 Å². The number of hydrogen-bond donors (Lipinski definition) is 2. The van der Waals surface area contributed by atoms with Crippen LogP contribution in [0.3, 0.4) is 0 Å². The van der Waals surface area contributed by atoms with E-state index in [0.717, 1.165) is 24.0 Å². The molecule has 1 aromatic carbocycles. The van der Waals surface area contributed by atoms with Crippen molar-refractivity contribution in [3.8, 4) is 0 Å². The van der Waals surface area contributed by atoms with Crippen LogP contribution in [0.2, 0.25) is 0 Å². The zero-order valence-corrected chi connectivity index (χ0v) is 14.4. The summed E-state index contributed by atoms with van der Waals surface area (Å²) in [5.74, 6) is 0. The number of fused-ring (bicyclic) bond motifs is 1. The van der Waals surface area contributed by atoms with Gasteiger partial charge < -0.3 is 10.7 Å². The molecule has 0 fully saturated rings. The summed E-state index contributed by atoms with van der Waals surface area (Å²) in [4.78, 5) is 14.6. The molecule has 0 atom stereocenters. The second-order valence-electron chi connectivity index (χ2n) is 6.52. The van der Waals surface area contributed by atoms with E-state index in [9.17, 15) is 4.79 Å². The fraction of sp³-hybridized carbons (Fsp3) is 0.632. The van der Waals surface area contributed by atoms with Crippen LogP contribution in [0.1, 0.15) is 63.4 Å². The van der Waals surface area contributed by atoms with Gasteiger partial charge in [-0.05, 0) is 37.4 Å². The number of benzene rings is 1. The van der Waals surface area contributed by atoms with Crippen LogP contribution < -0.4 is 11.4 Å². The third kappa shape index (κ3) is 5.24. The molecule has 128 valence electrons. The van der Waals surface area contributed by atoms with E-state index in [-0.39, 0.29) is 5.69 Å². The van der Waals surface area contributed by atoms with Crippen LogP contribution in [0, 0.1) is 0 Å². The highest BCUT2D eigenvalue weighted by molar-refractivity contribution is 5.78. The first-order valence-electron chi connectivity index (χ1n) is 9.10. The highest BCUT2D eigenvalue weighted by Gasteiger charge is 2.07. The van der Waals surface area contributed by atoms with Crippen LogP contribution in [0.15, 0.2) is 23.0 Å². The normalized spacial score (nSPS) is 11.4. The van der Waals surface area contributed by atoms with Crippen LogP contribution in [-0.2, 0) is 13.5 Å². The van der Waals surface area contributed by atoms with Gasteiger partial charge in [-0.3, -0.25) is 4.57 Å². The third-order valence-electron chi connectivity index (χ3n) is 4.65. The number of nitrogens with two attached hydrogens (primary N) is 1. The molecule has 3 N–H and O–H groups in total. The second-order valence-corrected chi connectivity index (χ2v) is 6.52. The maximum atomic E-state index is 11.7. The van der Waals surface area contributed by atoms with Crippen LogP contribution in [-0.4, -0.2) is 16.1 Å². The molecule has 23 heavy (non-hydrogen) atoms. The van der Waals surface area contributed by atoms with E-state index in [4.69, 9.17) is 5.73 Å². The molecule has 0 unspecified atom stereocenters. The molecule has 0 aliphatic heterocycles. The highest BCUT2D eigenvalue weighted by atomic mass is 16.1. The molecule has 0 spiro atoms. The molecule has 0 aliphatic carbocycles.